The van der Waals surface area contributed by atoms with Crippen LogP contribution >= 0.6 is 0 Å². The Morgan fingerprint density at radius 2 is 1.82 bits per heavy atom. The molecular weight excluding hydrogens is 214 g/mol. The molecule has 2 N–H and O–H groups in total. The topological polar surface area (TPSA) is 61.0 Å². The van der Waals surface area contributed by atoms with Crippen LogP contribution in [0.2, 0.25) is 0 Å². The molecule has 1 aromatic heterocycles. The van der Waals surface area contributed by atoms with Crippen LogP contribution in [0, 0.1) is 0 Å². The van der Waals surface area contributed by atoms with Crippen molar-refractivity contribution in [2.45, 2.75) is 19.8 Å². The Morgan fingerprint density at radius 3 is 2.41 bits per heavy atom. The third kappa shape index (κ3) is 2.93. The van der Waals surface area contributed by atoms with Crippen LogP contribution in [-0.4, -0.2) is 9.97 Å². The van der Waals surface area contributed by atoms with Gasteiger partial charge in [-0.05, 0) is 29.7 Å². The van der Waals surface area contributed by atoms with Crippen molar-refractivity contribution in [2.24, 2.45) is 0 Å². The summed E-state index contributed by atoms with van der Waals surface area (Å²) in [6.45, 7) is 4.30. The monoisotopic (exact) mass is 229 g/mol. The van der Waals surface area contributed by atoms with Crippen LogP contribution in [0.3, 0.4) is 0 Å². The van der Waals surface area contributed by atoms with Crippen molar-refractivity contribution in [3.63, 3.8) is 0 Å². The molecule has 0 aliphatic rings. The first-order valence-corrected chi connectivity index (χ1v) is 5.51. The zero-order valence-corrected chi connectivity index (χ0v) is 9.92. The second-order valence-corrected chi connectivity index (χ2v) is 4.09. The zero-order chi connectivity index (χ0) is 12.3. The van der Waals surface area contributed by atoms with Gasteiger partial charge in [0.2, 0.25) is 0 Å². The highest BCUT2D eigenvalue weighted by Gasteiger charge is 2.02. The molecule has 88 valence electrons. The molecule has 0 spiro atoms. The summed E-state index contributed by atoms with van der Waals surface area (Å²) in [4.78, 5) is 7.95. The first-order valence-electron chi connectivity index (χ1n) is 5.51. The van der Waals surface area contributed by atoms with Crippen molar-refractivity contribution in [1.82, 2.24) is 9.97 Å². The molecule has 4 nitrogen and oxygen atoms in total. The number of nitrogen functional groups attached to an aromatic ring is 1. The van der Waals surface area contributed by atoms with Gasteiger partial charge in [-0.25, -0.2) is 4.98 Å². The quantitative estimate of drug-likeness (QED) is 0.878. The molecular formula is C13H15N3O. The Bertz CT molecular complexity index is 494. The predicted molar refractivity (Wildman–Crippen MR) is 67.0 cm³/mol. The highest BCUT2D eigenvalue weighted by Crippen LogP contribution is 2.21. The molecule has 0 saturated carbocycles. The number of hydrogen-bond acceptors (Lipinski definition) is 4. The molecule has 0 aliphatic heterocycles. The van der Waals surface area contributed by atoms with E-state index >= 15 is 0 Å². The molecule has 0 radical (unpaired) electrons. The van der Waals surface area contributed by atoms with Gasteiger partial charge >= 0.3 is 6.01 Å². The Kier molecular flexibility index (Phi) is 3.23. The lowest BCUT2D eigenvalue weighted by Gasteiger charge is -2.07. The van der Waals surface area contributed by atoms with Gasteiger partial charge in [0.1, 0.15) is 11.6 Å². The standard InChI is InChI=1S/C13H15N3O/c1-9(2)10-3-5-11(6-4-10)17-13-15-8-7-12(14)16-13/h3-9H,1-2H3,(H2,14,15,16). The van der Waals surface area contributed by atoms with E-state index in [-0.39, 0.29) is 6.01 Å². The second kappa shape index (κ2) is 4.82. The molecule has 0 unspecified atom stereocenters. The number of nitrogens with zero attached hydrogens (tertiary/aromatic N) is 2. The fraction of sp³-hybridized carbons (Fsp3) is 0.231. The second-order valence-electron chi connectivity index (χ2n) is 4.09. The molecule has 1 heterocycles. The van der Waals surface area contributed by atoms with E-state index < -0.39 is 0 Å². The molecule has 17 heavy (non-hydrogen) atoms. The summed E-state index contributed by atoms with van der Waals surface area (Å²) in [5.41, 5.74) is 6.81. The number of aromatic nitrogens is 2. The van der Waals surface area contributed by atoms with Gasteiger partial charge in [-0.3, -0.25) is 0 Å². The maximum Gasteiger partial charge on any atom is 0.323 e. The Morgan fingerprint density at radius 1 is 1.12 bits per heavy atom. The summed E-state index contributed by atoms with van der Waals surface area (Å²) in [6.07, 6.45) is 1.57. The molecule has 2 rings (SSSR count). The van der Waals surface area contributed by atoms with Crippen molar-refractivity contribution < 1.29 is 4.74 Å². The van der Waals surface area contributed by atoms with Gasteiger partial charge in [0.25, 0.3) is 0 Å². The number of rotatable bonds is 3. The van der Waals surface area contributed by atoms with Gasteiger partial charge in [-0.2, -0.15) is 4.98 Å². The fourth-order valence-corrected chi connectivity index (χ4v) is 1.43. The minimum atomic E-state index is 0.266. The summed E-state index contributed by atoms with van der Waals surface area (Å²) in [5.74, 6) is 1.61. The number of hydrogen-bond donors (Lipinski definition) is 1. The first-order chi connectivity index (χ1) is 8.15. The summed E-state index contributed by atoms with van der Waals surface area (Å²) in [5, 5.41) is 0. The minimum absolute atomic E-state index is 0.266. The van der Waals surface area contributed by atoms with Gasteiger partial charge in [0.15, 0.2) is 0 Å². The number of ether oxygens (including phenoxy) is 1. The van der Waals surface area contributed by atoms with Crippen molar-refractivity contribution in [3.8, 4) is 11.8 Å². The summed E-state index contributed by atoms with van der Waals surface area (Å²) in [7, 11) is 0. The average Bonchev–Trinajstić information content (AvgIpc) is 2.29. The highest BCUT2D eigenvalue weighted by atomic mass is 16.5. The predicted octanol–water partition coefficient (Wildman–Crippen LogP) is 2.97. The Labute approximate surface area is 100 Å². The Hall–Kier alpha value is -2.10. The SMILES string of the molecule is CC(C)c1ccc(Oc2nccc(N)n2)cc1. The molecule has 4 heteroatoms. The summed E-state index contributed by atoms with van der Waals surface area (Å²) < 4.78 is 5.49. The fourth-order valence-electron chi connectivity index (χ4n) is 1.43. The third-order valence-corrected chi connectivity index (χ3v) is 2.41. The summed E-state index contributed by atoms with van der Waals surface area (Å²) in [6, 6.07) is 9.76. The van der Waals surface area contributed by atoms with Crippen LogP contribution in [0.5, 0.6) is 11.8 Å². The van der Waals surface area contributed by atoms with Crippen LogP contribution < -0.4 is 10.5 Å². The van der Waals surface area contributed by atoms with Crippen LogP contribution in [0.25, 0.3) is 0 Å². The first kappa shape index (κ1) is 11.4. The molecule has 0 fully saturated rings. The largest absolute Gasteiger partial charge is 0.424 e. The van der Waals surface area contributed by atoms with Crippen molar-refractivity contribution in [3.05, 3.63) is 42.1 Å². The van der Waals surface area contributed by atoms with Gasteiger partial charge < -0.3 is 10.5 Å². The lowest BCUT2D eigenvalue weighted by atomic mass is 10.0. The Balaban J connectivity index is 2.14. The molecule has 2 aromatic rings. The number of benzene rings is 1. The van der Waals surface area contributed by atoms with Crippen LogP contribution in [-0.2, 0) is 0 Å². The van der Waals surface area contributed by atoms with E-state index in [1.165, 1.54) is 5.56 Å². The third-order valence-electron chi connectivity index (χ3n) is 2.41. The summed E-state index contributed by atoms with van der Waals surface area (Å²) >= 11 is 0. The molecule has 0 amide bonds. The molecule has 1 aromatic carbocycles. The van der Waals surface area contributed by atoms with E-state index in [9.17, 15) is 0 Å². The zero-order valence-electron chi connectivity index (χ0n) is 9.92. The van der Waals surface area contributed by atoms with Crippen molar-refractivity contribution in [2.75, 3.05) is 5.73 Å². The van der Waals surface area contributed by atoms with Gasteiger partial charge in [0, 0.05) is 6.20 Å². The van der Waals surface area contributed by atoms with Crippen LogP contribution in [0.15, 0.2) is 36.5 Å². The van der Waals surface area contributed by atoms with Gasteiger partial charge in [-0.15, -0.1) is 0 Å². The van der Waals surface area contributed by atoms with Crippen LogP contribution in [0.4, 0.5) is 5.82 Å². The van der Waals surface area contributed by atoms with E-state index in [4.69, 9.17) is 10.5 Å². The maximum atomic E-state index is 5.54. The minimum Gasteiger partial charge on any atom is -0.424 e. The molecule has 0 saturated heterocycles. The van der Waals surface area contributed by atoms with Crippen LogP contribution in [0.1, 0.15) is 25.3 Å². The van der Waals surface area contributed by atoms with E-state index in [0.29, 0.717) is 17.5 Å². The number of anilines is 1. The highest BCUT2D eigenvalue weighted by molar-refractivity contribution is 5.32. The lowest BCUT2D eigenvalue weighted by molar-refractivity contribution is 0.442. The van der Waals surface area contributed by atoms with Gasteiger partial charge in [-0.1, -0.05) is 26.0 Å². The van der Waals surface area contributed by atoms with E-state index in [0.717, 1.165) is 0 Å². The normalized spacial score (nSPS) is 10.5. The van der Waals surface area contributed by atoms with Crippen molar-refractivity contribution in [1.29, 1.82) is 0 Å². The lowest BCUT2D eigenvalue weighted by Crippen LogP contribution is -1.95. The number of nitrogens with two attached hydrogens (primary N) is 1. The average molecular weight is 229 g/mol. The molecule has 0 atom stereocenters. The van der Waals surface area contributed by atoms with E-state index in [1.807, 2.05) is 24.3 Å². The maximum absolute atomic E-state index is 5.54. The van der Waals surface area contributed by atoms with E-state index in [1.54, 1.807) is 12.3 Å². The molecule has 0 bridgehead atoms. The van der Waals surface area contributed by atoms with E-state index in [2.05, 4.69) is 23.8 Å². The smallest absolute Gasteiger partial charge is 0.323 e. The molecule has 0 aliphatic carbocycles. The van der Waals surface area contributed by atoms with Gasteiger partial charge in [0.05, 0.1) is 0 Å². The van der Waals surface area contributed by atoms with Crippen molar-refractivity contribution >= 4 is 5.82 Å².